The summed E-state index contributed by atoms with van der Waals surface area (Å²) in [5, 5.41) is 10.3. The lowest BCUT2D eigenvalue weighted by molar-refractivity contribution is -0.144. The van der Waals surface area contributed by atoms with Gasteiger partial charge in [-0.15, -0.1) is 11.8 Å². The van der Waals surface area contributed by atoms with Crippen molar-refractivity contribution in [3.8, 4) is 0 Å². The molecule has 1 aromatic rings. The fourth-order valence-corrected chi connectivity index (χ4v) is 8.64. The van der Waals surface area contributed by atoms with Gasteiger partial charge in [-0.3, -0.25) is 14.4 Å². The molecule has 37 heavy (non-hydrogen) atoms. The molecule has 7 nitrogen and oxygen atoms in total. The van der Waals surface area contributed by atoms with Gasteiger partial charge in [0.1, 0.15) is 6.04 Å². The van der Waals surface area contributed by atoms with Crippen molar-refractivity contribution in [2.75, 3.05) is 31.6 Å². The fourth-order valence-electron chi connectivity index (χ4n) is 6.64. The zero-order valence-corrected chi connectivity index (χ0v) is 23.1. The number of aliphatic hydroxyl groups excluding tert-OH is 1. The number of likely N-dealkylation sites (N-methyl/N-ethyl adjacent to an activating group) is 1. The number of likely N-dealkylation sites (tertiary alicyclic amines) is 1. The van der Waals surface area contributed by atoms with Crippen LogP contribution in [0.3, 0.4) is 0 Å². The van der Waals surface area contributed by atoms with Gasteiger partial charge in [0.2, 0.25) is 11.8 Å². The lowest BCUT2D eigenvalue weighted by Gasteiger charge is -2.39. The van der Waals surface area contributed by atoms with Gasteiger partial charge in [-0.05, 0) is 43.4 Å². The first-order chi connectivity index (χ1) is 17.6. The molecule has 5 rings (SSSR count). The Morgan fingerprint density at radius 1 is 1.08 bits per heavy atom. The molecule has 1 unspecified atom stereocenters. The molecule has 1 N–H and O–H groups in total. The summed E-state index contributed by atoms with van der Waals surface area (Å²) in [6.07, 6.45) is 8.64. The quantitative estimate of drug-likeness (QED) is 0.601. The SMILES string of the molecule is Cc1ccc(C)c(N2CC=C[C@]34S[C@@H]5C=CCN(C)C(=O)[C@@H]5[C@H]3C(=O)N([C@@H](CO)CC(C)C)C4C2=O)c1. The number of benzene rings is 1. The summed E-state index contributed by atoms with van der Waals surface area (Å²) in [6.45, 7) is 8.77. The van der Waals surface area contributed by atoms with Crippen molar-refractivity contribution in [2.24, 2.45) is 17.8 Å². The van der Waals surface area contributed by atoms with Crippen LogP contribution in [0.4, 0.5) is 5.69 Å². The Kier molecular flexibility index (Phi) is 6.77. The van der Waals surface area contributed by atoms with E-state index < -0.39 is 28.7 Å². The average molecular weight is 524 g/mol. The second-order valence-corrected chi connectivity index (χ2v) is 12.8. The zero-order chi connectivity index (χ0) is 26.6. The van der Waals surface area contributed by atoms with Gasteiger partial charge in [0.05, 0.1) is 29.2 Å². The maximum atomic E-state index is 14.6. The summed E-state index contributed by atoms with van der Waals surface area (Å²) in [6, 6.07) is 4.76. The third-order valence-electron chi connectivity index (χ3n) is 8.30. The molecule has 8 heteroatoms. The number of hydrogen-bond acceptors (Lipinski definition) is 5. The number of rotatable bonds is 5. The number of anilines is 1. The topological polar surface area (TPSA) is 81.2 Å². The number of hydrogen-bond donors (Lipinski definition) is 1. The van der Waals surface area contributed by atoms with Crippen molar-refractivity contribution in [3.63, 3.8) is 0 Å². The van der Waals surface area contributed by atoms with Gasteiger partial charge in [-0.2, -0.15) is 0 Å². The Morgan fingerprint density at radius 2 is 1.84 bits per heavy atom. The molecule has 1 spiro atoms. The van der Waals surface area contributed by atoms with E-state index in [0.29, 0.717) is 19.5 Å². The lowest BCUT2D eigenvalue weighted by Crippen LogP contribution is -2.57. The Morgan fingerprint density at radius 3 is 2.54 bits per heavy atom. The van der Waals surface area contributed by atoms with Gasteiger partial charge in [0.25, 0.3) is 5.91 Å². The fraction of sp³-hybridized carbons (Fsp3) is 0.552. The predicted molar refractivity (Wildman–Crippen MR) is 146 cm³/mol. The van der Waals surface area contributed by atoms with Crippen molar-refractivity contribution in [2.45, 2.75) is 56.2 Å². The van der Waals surface area contributed by atoms with E-state index in [-0.39, 0.29) is 35.5 Å². The molecule has 0 aliphatic carbocycles. The summed E-state index contributed by atoms with van der Waals surface area (Å²) in [4.78, 5) is 47.7. The van der Waals surface area contributed by atoms with Gasteiger partial charge in [-0.25, -0.2) is 0 Å². The molecule has 0 bridgehead atoms. The molecule has 2 saturated heterocycles. The first kappa shape index (κ1) is 26.0. The van der Waals surface area contributed by atoms with E-state index in [0.717, 1.165) is 16.8 Å². The second kappa shape index (κ2) is 9.62. The Bertz CT molecular complexity index is 1180. The van der Waals surface area contributed by atoms with Gasteiger partial charge >= 0.3 is 0 Å². The van der Waals surface area contributed by atoms with E-state index in [1.54, 1.807) is 33.5 Å². The summed E-state index contributed by atoms with van der Waals surface area (Å²) in [5.74, 6) is -1.38. The number of carbonyl (C=O) groups is 3. The third kappa shape index (κ3) is 4.04. The number of aryl methyl sites for hydroxylation is 2. The summed E-state index contributed by atoms with van der Waals surface area (Å²) >= 11 is 1.58. The largest absolute Gasteiger partial charge is 0.394 e. The first-order valence-electron chi connectivity index (χ1n) is 13.2. The monoisotopic (exact) mass is 523 g/mol. The van der Waals surface area contributed by atoms with Crippen LogP contribution >= 0.6 is 11.8 Å². The minimum atomic E-state index is -0.876. The number of amides is 3. The minimum Gasteiger partial charge on any atom is -0.394 e. The number of fused-ring (bicyclic) bond motifs is 2. The van der Waals surface area contributed by atoms with Crippen LogP contribution in [0.2, 0.25) is 0 Å². The molecule has 3 amide bonds. The normalized spacial score (nSPS) is 32.0. The minimum absolute atomic E-state index is 0.0563. The van der Waals surface area contributed by atoms with E-state index in [2.05, 4.69) is 13.8 Å². The van der Waals surface area contributed by atoms with Crippen molar-refractivity contribution >= 4 is 35.2 Å². The molecule has 1 aromatic carbocycles. The molecule has 0 saturated carbocycles. The molecular formula is C29H37N3O4S. The number of aliphatic hydroxyl groups is 1. The number of thioether (sulfide) groups is 1. The highest BCUT2D eigenvalue weighted by molar-refractivity contribution is 8.02. The number of nitrogens with zero attached hydrogens (tertiary/aromatic N) is 3. The Hall–Kier alpha value is -2.58. The molecular weight excluding hydrogens is 486 g/mol. The zero-order valence-electron chi connectivity index (χ0n) is 22.3. The second-order valence-electron chi connectivity index (χ2n) is 11.3. The number of carbonyl (C=O) groups excluding carboxylic acids is 3. The van der Waals surface area contributed by atoms with Crippen LogP contribution in [0.1, 0.15) is 31.4 Å². The highest BCUT2D eigenvalue weighted by Crippen LogP contribution is 2.61. The van der Waals surface area contributed by atoms with E-state index in [4.69, 9.17) is 0 Å². The summed E-state index contributed by atoms with van der Waals surface area (Å²) < 4.78 is -0.876. The molecule has 198 valence electrons. The Labute approximate surface area is 223 Å². The van der Waals surface area contributed by atoms with Crippen LogP contribution in [0, 0.1) is 31.6 Å². The van der Waals surface area contributed by atoms with Crippen molar-refractivity contribution < 1.29 is 19.5 Å². The van der Waals surface area contributed by atoms with Crippen LogP contribution in [0.5, 0.6) is 0 Å². The van der Waals surface area contributed by atoms with E-state index in [1.807, 2.05) is 56.4 Å². The van der Waals surface area contributed by atoms with Crippen LogP contribution in [0.25, 0.3) is 0 Å². The van der Waals surface area contributed by atoms with E-state index in [9.17, 15) is 19.5 Å². The van der Waals surface area contributed by atoms with Crippen molar-refractivity contribution in [3.05, 3.63) is 53.6 Å². The molecule has 4 aliphatic rings. The van der Waals surface area contributed by atoms with E-state index >= 15 is 0 Å². The van der Waals surface area contributed by atoms with Gasteiger partial charge < -0.3 is 19.8 Å². The maximum absolute atomic E-state index is 14.6. The van der Waals surface area contributed by atoms with Crippen LogP contribution in [-0.2, 0) is 14.4 Å². The smallest absolute Gasteiger partial charge is 0.251 e. The van der Waals surface area contributed by atoms with Gasteiger partial charge in [0.15, 0.2) is 0 Å². The summed E-state index contributed by atoms with van der Waals surface area (Å²) in [5.41, 5.74) is 2.87. The molecule has 2 fully saturated rings. The molecule has 4 aliphatic heterocycles. The molecule has 0 aromatic heterocycles. The summed E-state index contributed by atoms with van der Waals surface area (Å²) in [7, 11) is 1.77. The molecule has 4 heterocycles. The van der Waals surface area contributed by atoms with Gasteiger partial charge in [-0.1, -0.05) is 50.3 Å². The first-order valence-corrected chi connectivity index (χ1v) is 14.1. The van der Waals surface area contributed by atoms with Crippen molar-refractivity contribution in [1.29, 1.82) is 0 Å². The lowest BCUT2D eigenvalue weighted by atomic mass is 9.78. The van der Waals surface area contributed by atoms with Crippen LogP contribution in [0.15, 0.2) is 42.5 Å². The third-order valence-corrected chi connectivity index (χ3v) is 10.0. The molecule has 0 radical (unpaired) electrons. The highest BCUT2D eigenvalue weighted by Gasteiger charge is 2.71. The van der Waals surface area contributed by atoms with E-state index in [1.165, 1.54) is 0 Å². The van der Waals surface area contributed by atoms with Crippen LogP contribution in [-0.4, -0.2) is 81.5 Å². The molecule has 6 atom stereocenters. The van der Waals surface area contributed by atoms with Gasteiger partial charge in [0, 0.05) is 31.1 Å². The predicted octanol–water partition coefficient (Wildman–Crippen LogP) is 2.94. The maximum Gasteiger partial charge on any atom is 0.251 e. The average Bonchev–Trinajstić information content (AvgIpc) is 3.18. The standard InChI is InChI=1S/C29H37N3O4S/c1-17(2)14-20(16-33)32-25-28(36)31(21-15-18(3)9-10-19(21)4)13-7-11-29(25)24(27(32)35)23-22(37-29)8-6-12-30(5)26(23)34/h6-11,15,17,20,22-25,33H,12-14,16H2,1-5H3/t20-,22-,23+,24+,25?,29+/m1/s1. The highest BCUT2D eigenvalue weighted by atomic mass is 32.2. The van der Waals surface area contributed by atoms with Crippen molar-refractivity contribution in [1.82, 2.24) is 9.80 Å². The Balaban J connectivity index is 1.67. The van der Waals surface area contributed by atoms with Crippen LogP contribution < -0.4 is 4.90 Å².